The zero-order valence-electron chi connectivity index (χ0n) is 18.8. The van der Waals surface area contributed by atoms with Crippen molar-refractivity contribution in [2.24, 2.45) is 10.1 Å². The smallest absolute Gasteiger partial charge is 0.283 e. The van der Waals surface area contributed by atoms with Gasteiger partial charge in [-0.3, -0.25) is 15.0 Å². The average molecular weight is 495 g/mol. The Labute approximate surface area is 206 Å². The van der Waals surface area contributed by atoms with Gasteiger partial charge in [-0.2, -0.15) is 15.1 Å². The van der Waals surface area contributed by atoms with Crippen molar-refractivity contribution in [3.63, 3.8) is 0 Å². The van der Waals surface area contributed by atoms with Crippen molar-refractivity contribution >= 4 is 57.3 Å². The van der Waals surface area contributed by atoms with Crippen LogP contribution in [-0.4, -0.2) is 55.4 Å². The Bertz CT molecular complexity index is 1300. The second kappa shape index (κ2) is 8.88. The minimum Gasteiger partial charge on any atom is -0.342 e. The number of carbonyl (C=O) groups excluding carboxylic acids is 2. The number of aryl methyl sites for hydroxylation is 1. The number of amidine groups is 2. The van der Waals surface area contributed by atoms with Gasteiger partial charge < -0.3 is 9.47 Å². The van der Waals surface area contributed by atoms with Crippen molar-refractivity contribution in [3.8, 4) is 5.69 Å². The third-order valence-corrected chi connectivity index (χ3v) is 7.27. The number of nitrogens with one attached hydrogen (secondary N) is 1. The molecule has 8 nitrogen and oxygen atoms in total. The molecular formula is C24H23ClN6O2S. The molecule has 0 saturated carbocycles. The maximum Gasteiger partial charge on any atom is 0.283 e. The van der Waals surface area contributed by atoms with Crippen LogP contribution in [0, 0.1) is 19.3 Å². The van der Waals surface area contributed by atoms with E-state index in [9.17, 15) is 9.59 Å². The molecule has 0 atom stereocenters. The highest BCUT2D eigenvalue weighted by Crippen LogP contribution is 2.31. The summed E-state index contributed by atoms with van der Waals surface area (Å²) in [7, 11) is 0. The van der Waals surface area contributed by atoms with Crippen molar-refractivity contribution in [2.45, 2.75) is 33.1 Å². The molecule has 1 fully saturated rings. The van der Waals surface area contributed by atoms with Crippen molar-refractivity contribution < 1.29 is 9.59 Å². The van der Waals surface area contributed by atoms with Gasteiger partial charge in [0.05, 0.1) is 12.0 Å². The second-order valence-electron chi connectivity index (χ2n) is 8.42. The number of nitrogens with zero attached hydrogens (tertiary/aromatic N) is 5. The molecule has 1 aromatic carbocycles. The average Bonchev–Trinajstić information content (AvgIpc) is 3.52. The van der Waals surface area contributed by atoms with Crippen LogP contribution in [-0.2, 0) is 9.59 Å². The summed E-state index contributed by atoms with van der Waals surface area (Å²) < 4.78 is 2.07. The predicted octanol–water partition coefficient (Wildman–Crippen LogP) is 4.38. The first kappa shape index (κ1) is 22.6. The molecule has 2 amide bonds. The molecule has 5 rings (SSSR count). The topological polar surface area (TPSA) is 94.1 Å². The fourth-order valence-corrected chi connectivity index (χ4v) is 5.39. The number of thioether (sulfide) groups is 1. The summed E-state index contributed by atoms with van der Waals surface area (Å²) in [6, 6.07) is 9.51. The molecule has 1 N–H and O–H groups in total. The molecule has 4 heterocycles. The maximum atomic E-state index is 12.8. The van der Waals surface area contributed by atoms with E-state index in [1.54, 1.807) is 6.08 Å². The Morgan fingerprint density at radius 2 is 1.91 bits per heavy atom. The van der Waals surface area contributed by atoms with E-state index in [-0.39, 0.29) is 23.7 Å². The van der Waals surface area contributed by atoms with Crippen LogP contribution in [0.3, 0.4) is 0 Å². The van der Waals surface area contributed by atoms with E-state index in [2.05, 4.69) is 14.7 Å². The number of likely N-dealkylation sites (tertiary alicyclic amines) is 1. The summed E-state index contributed by atoms with van der Waals surface area (Å²) in [6.45, 7) is 5.50. The van der Waals surface area contributed by atoms with Gasteiger partial charge in [0.25, 0.3) is 5.91 Å². The summed E-state index contributed by atoms with van der Waals surface area (Å²) >= 11 is 7.21. The van der Waals surface area contributed by atoms with E-state index in [1.165, 1.54) is 16.8 Å². The Morgan fingerprint density at radius 1 is 1.21 bits per heavy atom. The Morgan fingerprint density at radius 3 is 2.62 bits per heavy atom. The molecule has 3 aliphatic heterocycles. The number of halogens is 1. The molecule has 10 heteroatoms. The van der Waals surface area contributed by atoms with E-state index in [0.29, 0.717) is 15.2 Å². The Balaban J connectivity index is 1.41. The number of aromatic nitrogens is 1. The number of rotatable bonds is 4. The molecule has 3 aliphatic rings. The van der Waals surface area contributed by atoms with Gasteiger partial charge in [0.15, 0.2) is 5.84 Å². The summed E-state index contributed by atoms with van der Waals surface area (Å²) in [5.74, 6) is -0.503. The number of benzene rings is 1. The lowest BCUT2D eigenvalue weighted by atomic mass is 10.1. The maximum absolute atomic E-state index is 12.8. The Hall–Kier alpha value is -3.17. The fraction of sp³-hybridized carbons (Fsp3) is 0.292. The van der Waals surface area contributed by atoms with Crippen LogP contribution in [0.5, 0.6) is 0 Å². The molecule has 0 unspecified atom stereocenters. The van der Waals surface area contributed by atoms with Crippen molar-refractivity contribution in [2.75, 3.05) is 13.1 Å². The van der Waals surface area contributed by atoms with Gasteiger partial charge in [-0.25, -0.2) is 0 Å². The molecule has 0 spiro atoms. The SMILES string of the molecule is Cc1cc(/C=C2/C(=N)N3N=C(CC(=O)N4CCCC4)SC3=NC2=O)c(C)n1-c1ccc(Cl)cc1. The van der Waals surface area contributed by atoms with Gasteiger partial charge >= 0.3 is 0 Å². The third kappa shape index (κ3) is 4.10. The summed E-state index contributed by atoms with van der Waals surface area (Å²) in [6.07, 6.45) is 3.89. The first-order valence-electron chi connectivity index (χ1n) is 11.0. The molecule has 0 radical (unpaired) electrons. The van der Waals surface area contributed by atoms with E-state index in [1.807, 2.05) is 49.1 Å². The highest BCUT2D eigenvalue weighted by atomic mass is 35.5. The normalized spacial score (nSPS) is 19.1. The van der Waals surface area contributed by atoms with Gasteiger partial charge in [-0.05, 0) is 80.4 Å². The number of hydrogen-bond donors (Lipinski definition) is 1. The van der Waals surface area contributed by atoms with Crippen LogP contribution in [0.4, 0.5) is 0 Å². The van der Waals surface area contributed by atoms with E-state index in [4.69, 9.17) is 17.0 Å². The molecule has 0 aliphatic carbocycles. The van der Waals surface area contributed by atoms with Crippen molar-refractivity contribution in [3.05, 3.63) is 57.9 Å². The minimum absolute atomic E-state index is 0.0208. The number of amides is 2. The van der Waals surface area contributed by atoms with Crippen LogP contribution in [0.15, 0.2) is 46.0 Å². The molecule has 1 aromatic heterocycles. The number of aliphatic imine (C=N–C) groups is 1. The number of hydrogen-bond acceptors (Lipinski definition) is 5. The van der Waals surface area contributed by atoms with Gasteiger partial charge in [-0.15, -0.1) is 0 Å². The largest absolute Gasteiger partial charge is 0.342 e. The molecule has 174 valence electrons. The van der Waals surface area contributed by atoms with Crippen LogP contribution in [0.1, 0.15) is 36.2 Å². The van der Waals surface area contributed by atoms with Crippen LogP contribution in [0.2, 0.25) is 5.02 Å². The van der Waals surface area contributed by atoms with Gasteiger partial charge in [-0.1, -0.05) is 11.6 Å². The van der Waals surface area contributed by atoms with E-state index in [0.717, 1.165) is 48.6 Å². The number of fused-ring (bicyclic) bond motifs is 1. The first-order chi connectivity index (χ1) is 16.3. The molecular weight excluding hydrogens is 472 g/mol. The highest BCUT2D eigenvalue weighted by molar-refractivity contribution is 8.27. The first-order valence-corrected chi connectivity index (χ1v) is 12.2. The molecule has 34 heavy (non-hydrogen) atoms. The quantitative estimate of drug-likeness (QED) is 0.638. The lowest BCUT2D eigenvalue weighted by Crippen LogP contribution is -2.35. The zero-order chi connectivity index (χ0) is 24.0. The predicted molar refractivity (Wildman–Crippen MR) is 136 cm³/mol. The standard InChI is InChI=1S/C24H23ClN6O2S/c1-14-11-16(15(2)30(14)18-7-5-17(25)6-8-18)12-19-22(26)31-24(27-23(19)33)34-20(28-31)13-21(32)29-9-3-4-10-29/h5-8,11-12,26H,3-4,9-10,13H2,1-2H3/b19-12-,26-22?. The highest BCUT2D eigenvalue weighted by Gasteiger charge is 2.36. The lowest BCUT2D eigenvalue weighted by molar-refractivity contribution is -0.128. The Kier molecular flexibility index (Phi) is 5.91. The summed E-state index contributed by atoms with van der Waals surface area (Å²) in [5.41, 5.74) is 3.86. The van der Waals surface area contributed by atoms with E-state index >= 15 is 0 Å². The van der Waals surface area contributed by atoms with Crippen LogP contribution >= 0.6 is 23.4 Å². The summed E-state index contributed by atoms with van der Waals surface area (Å²) in [4.78, 5) is 31.3. The molecule has 1 saturated heterocycles. The number of hydrazone groups is 1. The minimum atomic E-state index is -0.484. The van der Waals surface area contributed by atoms with Gasteiger partial charge in [0.1, 0.15) is 5.04 Å². The zero-order valence-corrected chi connectivity index (χ0v) is 20.4. The second-order valence-corrected chi connectivity index (χ2v) is 9.89. The van der Waals surface area contributed by atoms with Crippen LogP contribution in [0.25, 0.3) is 11.8 Å². The van der Waals surface area contributed by atoms with Crippen molar-refractivity contribution in [1.82, 2.24) is 14.5 Å². The van der Waals surface area contributed by atoms with Gasteiger partial charge in [0.2, 0.25) is 11.1 Å². The van der Waals surface area contributed by atoms with Crippen molar-refractivity contribution in [1.29, 1.82) is 5.41 Å². The number of carbonyl (C=O) groups is 2. The lowest BCUT2D eigenvalue weighted by Gasteiger charge is -2.20. The molecule has 0 bridgehead atoms. The van der Waals surface area contributed by atoms with Gasteiger partial charge in [0, 0.05) is 35.2 Å². The molecule has 2 aromatic rings. The van der Waals surface area contributed by atoms with E-state index < -0.39 is 5.91 Å². The van der Waals surface area contributed by atoms with Crippen LogP contribution < -0.4 is 0 Å². The fourth-order valence-electron chi connectivity index (χ4n) is 4.39. The monoisotopic (exact) mass is 494 g/mol. The third-order valence-electron chi connectivity index (χ3n) is 6.11. The summed E-state index contributed by atoms with van der Waals surface area (Å²) in [5, 5.41) is 15.9.